The van der Waals surface area contributed by atoms with Gasteiger partial charge in [-0.2, -0.15) is 0 Å². The lowest BCUT2D eigenvalue weighted by molar-refractivity contribution is -0.130. The number of carbonyl (C=O) groups excluding carboxylic acids is 2. The van der Waals surface area contributed by atoms with Crippen LogP contribution in [-0.2, 0) is 15.0 Å². The fourth-order valence-corrected chi connectivity index (χ4v) is 3.91. The van der Waals surface area contributed by atoms with E-state index in [1.807, 2.05) is 12.1 Å². The number of aliphatic hydroxyl groups excluding tert-OH is 1. The molecule has 4 nitrogen and oxygen atoms in total. The van der Waals surface area contributed by atoms with Crippen LogP contribution in [0.1, 0.15) is 84.4 Å². The number of unbranched alkanes of at least 4 members (excludes halogenated alkanes) is 1. The van der Waals surface area contributed by atoms with Crippen molar-refractivity contribution >= 4 is 11.7 Å². The molecule has 0 saturated carbocycles. The van der Waals surface area contributed by atoms with Gasteiger partial charge in [0.2, 0.25) is 0 Å². The van der Waals surface area contributed by atoms with E-state index in [9.17, 15) is 14.7 Å². The van der Waals surface area contributed by atoms with Crippen molar-refractivity contribution in [2.75, 3.05) is 6.54 Å². The number of aliphatic hydroxyl groups is 1. The molecule has 1 heterocycles. The average Bonchev–Trinajstić information content (AvgIpc) is 2.89. The molecule has 0 bridgehead atoms. The summed E-state index contributed by atoms with van der Waals surface area (Å²) < 4.78 is 0. The quantitative estimate of drug-likeness (QED) is 0.644. The van der Waals surface area contributed by atoms with Gasteiger partial charge in [0.25, 0.3) is 5.91 Å². The minimum Gasteiger partial charge on any atom is -0.503 e. The summed E-state index contributed by atoms with van der Waals surface area (Å²) in [6.07, 6.45) is 4.24. The normalized spacial score (nSPS) is 18.7. The Morgan fingerprint density at radius 2 is 1.79 bits per heavy atom. The van der Waals surface area contributed by atoms with Crippen molar-refractivity contribution in [1.29, 1.82) is 0 Å². The highest BCUT2D eigenvalue weighted by atomic mass is 16.3. The zero-order valence-corrected chi connectivity index (χ0v) is 18.2. The molecule has 1 aliphatic rings. The average molecular weight is 386 g/mol. The summed E-state index contributed by atoms with van der Waals surface area (Å²) in [6.45, 7) is 12.7. The molecule has 0 aromatic heterocycles. The van der Waals surface area contributed by atoms with Crippen molar-refractivity contribution in [1.82, 2.24) is 4.90 Å². The second-order valence-corrected chi connectivity index (χ2v) is 8.97. The highest BCUT2D eigenvalue weighted by Crippen LogP contribution is 2.39. The number of ketones is 1. The summed E-state index contributed by atoms with van der Waals surface area (Å²) in [7, 11) is 0. The van der Waals surface area contributed by atoms with Crippen molar-refractivity contribution in [3.05, 3.63) is 46.7 Å². The Hall–Kier alpha value is -2.10. The molecular formula is C24H35NO3. The number of benzene rings is 1. The molecule has 1 amide bonds. The van der Waals surface area contributed by atoms with Crippen molar-refractivity contribution in [2.24, 2.45) is 5.92 Å². The van der Waals surface area contributed by atoms with E-state index >= 15 is 0 Å². The van der Waals surface area contributed by atoms with Crippen LogP contribution in [0.25, 0.3) is 0 Å². The topological polar surface area (TPSA) is 57.6 Å². The SMILES string of the molecule is CCCCC(CC)CN1C(=O)C(O)=C(C(C)=O)C1c1ccc(C(C)(C)C)cc1. The summed E-state index contributed by atoms with van der Waals surface area (Å²) in [5.41, 5.74) is 2.32. The van der Waals surface area contributed by atoms with Gasteiger partial charge in [0.05, 0.1) is 11.6 Å². The first-order valence-electron chi connectivity index (χ1n) is 10.5. The Kier molecular flexibility index (Phi) is 7.08. The fraction of sp³-hybridized carbons (Fsp3) is 0.583. The van der Waals surface area contributed by atoms with Gasteiger partial charge in [-0.05, 0) is 35.8 Å². The molecule has 0 aliphatic carbocycles. The molecule has 0 saturated heterocycles. The first-order chi connectivity index (χ1) is 13.1. The van der Waals surface area contributed by atoms with E-state index < -0.39 is 11.9 Å². The zero-order chi connectivity index (χ0) is 21.1. The Labute approximate surface area is 169 Å². The summed E-state index contributed by atoms with van der Waals surface area (Å²) in [5, 5.41) is 10.4. The summed E-state index contributed by atoms with van der Waals surface area (Å²) >= 11 is 0. The number of rotatable bonds is 8. The molecule has 1 N–H and O–H groups in total. The third-order valence-corrected chi connectivity index (χ3v) is 5.77. The zero-order valence-electron chi connectivity index (χ0n) is 18.2. The van der Waals surface area contributed by atoms with E-state index in [1.165, 1.54) is 12.5 Å². The van der Waals surface area contributed by atoms with Crippen LogP contribution in [0.5, 0.6) is 0 Å². The lowest BCUT2D eigenvalue weighted by Gasteiger charge is -2.30. The van der Waals surface area contributed by atoms with Crippen LogP contribution in [0.3, 0.4) is 0 Å². The van der Waals surface area contributed by atoms with Crippen molar-refractivity contribution < 1.29 is 14.7 Å². The van der Waals surface area contributed by atoms with Crippen LogP contribution < -0.4 is 0 Å². The largest absolute Gasteiger partial charge is 0.503 e. The number of hydrogen-bond acceptors (Lipinski definition) is 3. The van der Waals surface area contributed by atoms with Gasteiger partial charge < -0.3 is 10.0 Å². The van der Waals surface area contributed by atoms with E-state index in [0.29, 0.717) is 12.5 Å². The molecule has 4 heteroatoms. The third kappa shape index (κ3) is 4.65. The highest BCUT2D eigenvalue weighted by molar-refractivity contribution is 6.08. The van der Waals surface area contributed by atoms with Gasteiger partial charge in [-0.15, -0.1) is 0 Å². The van der Waals surface area contributed by atoms with Gasteiger partial charge in [0.1, 0.15) is 0 Å². The predicted octanol–water partition coefficient (Wildman–Crippen LogP) is 5.48. The number of Topliss-reactive ketones (excluding diaryl/α,β-unsaturated/α-hetero) is 1. The molecule has 154 valence electrons. The Bertz CT molecular complexity index is 740. The number of nitrogens with zero attached hydrogens (tertiary/aromatic N) is 1. The van der Waals surface area contributed by atoms with Crippen molar-refractivity contribution in [3.8, 4) is 0 Å². The van der Waals surface area contributed by atoms with Crippen LogP contribution >= 0.6 is 0 Å². The standard InChI is InChI=1S/C24H35NO3/c1-7-9-10-17(8-2)15-25-21(20(16(3)26)22(27)23(25)28)18-11-13-19(14-12-18)24(4,5)6/h11-14,17,21,27H,7-10,15H2,1-6H3. The molecule has 1 aromatic rings. The van der Waals surface area contributed by atoms with E-state index in [4.69, 9.17) is 0 Å². The Balaban J connectivity index is 2.41. The van der Waals surface area contributed by atoms with Crippen LogP contribution in [0.2, 0.25) is 0 Å². The molecular weight excluding hydrogens is 350 g/mol. The van der Waals surface area contributed by atoms with Gasteiger partial charge >= 0.3 is 0 Å². The highest BCUT2D eigenvalue weighted by Gasteiger charge is 2.42. The molecule has 2 unspecified atom stereocenters. The molecule has 28 heavy (non-hydrogen) atoms. The smallest absolute Gasteiger partial charge is 0.290 e. The second kappa shape index (κ2) is 8.93. The fourth-order valence-electron chi connectivity index (χ4n) is 3.91. The molecule has 2 rings (SSSR count). The van der Waals surface area contributed by atoms with Crippen LogP contribution in [0.4, 0.5) is 0 Å². The number of hydrogen-bond donors (Lipinski definition) is 1. The van der Waals surface area contributed by atoms with Crippen LogP contribution in [-0.4, -0.2) is 28.2 Å². The van der Waals surface area contributed by atoms with E-state index in [-0.39, 0.29) is 22.5 Å². The minimum atomic E-state index is -0.505. The van der Waals surface area contributed by atoms with E-state index in [2.05, 4.69) is 46.8 Å². The minimum absolute atomic E-state index is 0.0263. The van der Waals surface area contributed by atoms with E-state index in [1.54, 1.807) is 4.90 Å². The first kappa shape index (κ1) is 22.2. The monoisotopic (exact) mass is 385 g/mol. The maximum absolute atomic E-state index is 12.8. The summed E-state index contributed by atoms with van der Waals surface area (Å²) in [4.78, 5) is 26.8. The van der Waals surface area contributed by atoms with E-state index in [0.717, 1.165) is 31.2 Å². The Morgan fingerprint density at radius 3 is 2.25 bits per heavy atom. The summed E-state index contributed by atoms with van der Waals surface area (Å²) in [6, 6.07) is 7.58. The van der Waals surface area contributed by atoms with Crippen molar-refractivity contribution in [3.63, 3.8) is 0 Å². The second-order valence-electron chi connectivity index (χ2n) is 8.97. The lowest BCUT2D eigenvalue weighted by Crippen LogP contribution is -2.35. The van der Waals surface area contributed by atoms with Gasteiger partial charge in [-0.1, -0.05) is 78.1 Å². The number of carbonyl (C=O) groups is 2. The van der Waals surface area contributed by atoms with Gasteiger partial charge in [-0.3, -0.25) is 9.59 Å². The van der Waals surface area contributed by atoms with Crippen molar-refractivity contribution in [2.45, 2.75) is 78.7 Å². The van der Waals surface area contributed by atoms with Gasteiger partial charge in [-0.25, -0.2) is 0 Å². The van der Waals surface area contributed by atoms with Crippen LogP contribution in [0.15, 0.2) is 35.6 Å². The molecule has 0 spiro atoms. The van der Waals surface area contributed by atoms with Gasteiger partial charge in [0.15, 0.2) is 11.5 Å². The lowest BCUT2D eigenvalue weighted by atomic mass is 9.85. The van der Waals surface area contributed by atoms with Crippen LogP contribution in [0, 0.1) is 5.92 Å². The maximum Gasteiger partial charge on any atom is 0.290 e. The maximum atomic E-state index is 12.8. The Morgan fingerprint density at radius 1 is 1.18 bits per heavy atom. The molecule has 0 fully saturated rings. The van der Waals surface area contributed by atoms with Gasteiger partial charge in [0, 0.05) is 6.54 Å². The number of amides is 1. The molecule has 1 aliphatic heterocycles. The first-order valence-corrected chi connectivity index (χ1v) is 10.5. The molecule has 1 aromatic carbocycles. The predicted molar refractivity (Wildman–Crippen MR) is 113 cm³/mol. The summed E-state index contributed by atoms with van der Waals surface area (Å²) in [5.74, 6) is -0.702. The molecule has 2 atom stereocenters. The molecule has 0 radical (unpaired) electrons. The third-order valence-electron chi connectivity index (χ3n) is 5.77.